The average Bonchev–Trinajstić information content (AvgIpc) is 3.09. The monoisotopic (exact) mass is 355 g/mol. The van der Waals surface area contributed by atoms with Crippen LogP contribution < -0.4 is 11.2 Å². The predicted molar refractivity (Wildman–Crippen MR) is 92.4 cm³/mol. The van der Waals surface area contributed by atoms with Crippen molar-refractivity contribution in [3.05, 3.63) is 74.7 Å². The number of carbonyl (C=O) groups is 1. The van der Waals surface area contributed by atoms with Crippen LogP contribution in [-0.4, -0.2) is 20.7 Å². The van der Waals surface area contributed by atoms with Crippen LogP contribution in [0.5, 0.6) is 0 Å². The Hall–Kier alpha value is -3.42. The number of rotatable bonds is 6. The number of hydrogen-bond donors (Lipinski definition) is 1. The van der Waals surface area contributed by atoms with Gasteiger partial charge in [0.15, 0.2) is 5.76 Å². The van der Waals surface area contributed by atoms with Crippen LogP contribution in [0.4, 0.5) is 0 Å². The van der Waals surface area contributed by atoms with E-state index in [-0.39, 0.29) is 19.6 Å². The lowest BCUT2D eigenvalue weighted by atomic mass is 10.1. The SMILES string of the molecule is Cc1ccc(-c2cc(COC(=O)CCn3ccc(=O)[nH]c3=O)no2)cc1. The Kier molecular flexibility index (Phi) is 5.12. The molecule has 0 unspecified atom stereocenters. The number of nitrogens with zero attached hydrogens (tertiary/aromatic N) is 2. The van der Waals surface area contributed by atoms with Gasteiger partial charge in [0.05, 0.1) is 6.42 Å². The summed E-state index contributed by atoms with van der Waals surface area (Å²) in [6.07, 6.45) is 1.33. The van der Waals surface area contributed by atoms with Crippen LogP contribution in [0.1, 0.15) is 17.7 Å². The van der Waals surface area contributed by atoms with Gasteiger partial charge in [-0.05, 0) is 6.92 Å². The number of hydrogen-bond acceptors (Lipinski definition) is 6. The molecule has 0 aliphatic heterocycles. The highest BCUT2D eigenvalue weighted by molar-refractivity contribution is 5.69. The second kappa shape index (κ2) is 7.64. The predicted octanol–water partition coefficient (Wildman–Crippen LogP) is 1.63. The van der Waals surface area contributed by atoms with Crippen LogP contribution >= 0.6 is 0 Å². The molecular formula is C18H17N3O5. The van der Waals surface area contributed by atoms with Crippen molar-refractivity contribution in [3.63, 3.8) is 0 Å². The summed E-state index contributed by atoms with van der Waals surface area (Å²) in [5, 5.41) is 3.88. The van der Waals surface area contributed by atoms with Gasteiger partial charge in [-0.3, -0.25) is 14.6 Å². The number of esters is 1. The maximum Gasteiger partial charge on any atom is 0.328 e. The van der Waals surface area contributed by atoms with E-state index in [1.54, 1.807) is 6.07 Å². The Bertz CT molecular complexity index is 1010. The summed E-state index contributed by atoms with van der Waals surface area (Å²) in [4.78, 5) is 36.4. The summed E-state index contributed by atoms with van der Waals surface area (Å²) < 4.78 is 11.6. The Morgan fingerprint density at radius 3 is 2.73 bits per heavy atom. The fourth-order valence-electron chi connectivity index (χ4n) is 2.29. The molecule has 2 aromatic heterocycles. The molecule has 3 rings (SSSR count). The summed E-state index contributed by atoms with van der Waals surface area (Å²) in [6, 6.07) is 10.7. The van der Waals surface area contributed by atoms with E-state index >= 15 is 0 Å². The van der Waals surface area contributed by atoms with E-state index < -0.39 is 17.2 Å². The van der Waals surface area contributed by atoms with E-state index in [1.165, 1.54) is 16.8 Å². The summed E-state index contributed by atoms with van der Waals surface area (Å²) in [7, 11) is 0. The van der Waals surface area contributed by atoms with E-state index in [1.807, 2.05) is 31.2 Å². The molecule has 1 N–H and O–H groups in total. The van der Waals surface area contributed by atoms with E-state index in [9.17, 15) is 14.4 Å². The minimum atomic E-state index is -0.565. The molecule has 0 aliphatic rings. The number of aryl methyl sites for hydroxylation is 2. The first-order chi connectivity index (χ1) is 12.5. The molecule has 8 nitrogen and oxygen atoms in total. The maximum absolute atomic E-state index is 11.8. The van der Waals surface area contributed by atoms with E-state index in [4.69, 9.17) is 9.26 Å². The van der Waals surface area contributed by atoms with Crippen LogP contribution in [-0.2, 0) is 22.7 Å². The zero-order chi connectivity index (χ0) is 18.5. The molecule has 0 atom stereocenters. The highest BCUT2D eigenvalue weighted by atomic mass is 16.5. The molecule has 0 amide bonds. The highest BCUT2D eigenvalue weighted by Gasteiger charge is 2.10. The Balaban J connectivity index is 1.52. The van der Waals surface area contributed by atoms with Crippen molar-refractivity contribution in [1.82, 2.24) is 14.7 Å². The molecule has 26 heavy (non-hydrogen) atoms. The van der Waals surface area contributed by atoms with Crippen molar-refractivity contribution < 1.29 is 14.1 Å². The van der Waals surface area contributed by atoms with Crippen molar-refractivity contribution in [1.29, 1.82) is 0 Å². The van der Waals surface area contributed by atoms with Crippen LogP contribution in [0.15, 0.2) is 56.7 Å². The lowest BCUT2D eigenvalue weighted by molar-refractivity contribution is -0.145. The zero-order valence-electron chi connectivity index (χ0n) is 14.1. The molecule has 0 aliphatic carbocycles. The van der Waals surface area contributed by atoms with Gasteiger partial charge in [-0.2, -0.15) is 0 Å². The molecule has 8 heteroatoms. The van der Waals surface area contributed by atoms with Crippen molar-refractivity contribution in [2.75, 3.05) is 0 Å². The Morgan fingerprint density at radius 1 is 1.23 bits per heavy atom. The number of aromatic amines is 1. The molecule has 0 spiro atoms. The molecule has 1 aromatic carbocycles. The quantitative estimate of drug-likeness (QED) is 0.674. The van der Waals surface area contributed by atoms with Gasteiger partial charge < -0.3 is 13.8 Å². The maximum atomic E-state index is 11.8. The van der Waals surface area contributed by atoms with Gasteiger partial charge in [0, 0.05) is 30.4 Å². The topological polar surface area (TPSA) is 107 Å². The van der Waals surface area contributed by atoms with Crippen LogP contribution in [0.25, 0.3) is 11.3 Å². The first kappa shape index (κ1) is 17.4. The summed E-state index contributed by atoms with van der Waals surface area (Å²) in [5.74, 6) is 0.110. The molecule has 0 bridgehead atoms. The van der Waals surface area contributed by atoms with Crippen LogP contribution in [0.2, 0.25) is 0 Å². The third-order valence-corrected chi connectivity index (χ3v) is 3.73. The van der Waals surface area contributed by atoms with Crippen molar-refractivity contribution in [2.45, 2.75) is 26.5 Å². The summed E-state index contributed by atoms with van der Waals surface area (Å²) >= 11 is 0. The summed E-state index contributed by atoms with van der Waals surface area (Å²) in [6.45, 7) is 2.09. The van der Waals surface area contributed by atoms with Gasteiger partial charge in [-0.1, -0.05) is 35.0 Å². The van der Waals surface area contributed by atoms with Crippen LogP contribution in [0, 0.1) is 6.92 Å². The minimum Gasteiger partial charge on any atom is -0.459 e. The lowest BCUT2D eigenvalue weighted by Crippen LogP contribution is -2.29. The fraction of sp³-hybridized carbons (Fsp3) is 0.222. The number of carbonyl (C=O) groups excluding carboxylic acids is 1. The van der Waals surface area contributed by atoms with Gasteiger partial charge in [0.1, 0.15) is 12.3 Å². The van der Waals surface area contributed by atoms with Gasteiger partial charge >= 0.3 is 11.7 Å². The molecule has 134 valence electrons. The highest BCUT2D eigenvalue weighted by Crippen LogP contribution is 2.21. The molecular weight excluding hydrogens is 338 g/mol. The summed E-state index contributed by atoms with van der Waals surface area (Å²) in [5.41, 5.74) is 1.48. The van der Waals surface area contributed by atoms with Crippen molar-refractivity contribution in [2.24, 2.45) is 0 Å². The van der Waals surface area contributed by atoms with Gasteiger partial charge in [-0.15, -0.1) is 0 Å². The second-order valence-corrected chi connectivity index (χ2v) is 5.76. The van der Waals surface area contributed by atoms with E-state index in [0.717, 1.165) is 11.1 Å². The van der Waals surface area contributed by atoms with E-state index in [0.29, 0.717) is 11.5 Å². The molecule has 3 aromatic rings. The zero-order valence-corrected chi connectivity index (χ0v) is 14.1. The van der Waals surface area contributed by atoms with Crippen molar-refractivity contribution >= 4 is 5.97 Å². The Labute approximate surface area is 148 Å². The average molecular weight is 355 g/mol. The number of nitrogens with one attached hydrogen (secondary N) is 1. The number of H-pyrrole nitrogens is 1. The van der Waals surface area contributed by atoms with Gasteiger partial charge in [0.25, 0.3) is 5.56 Å². The van der Waals surface area contributed by atoms with Crippen molar-refractivity contribution in [3.8, 4) is 11.3 Å². The lowest BCUT2D eigenvalue weighted by Gasteiger charge is -2.04. The minimum absolute atomic E-state index is 0.00534. The normalized spacial score (nSPS) is 10.7. The second-order valence-electron chi connectivity index (χ2n) is 5.76. The number of ether oxygens (including phenoxy) is 1. The molecule has 0 radical (unpaired) electrons. The Morgan fingerprint density at radius 2 is 2.00 bits per heavy atom. The third-order valence-electron chi connectivity index (χ3n) is 3.73. The number of aromatic nitrogens is 3. The first-order valence-corrected chi connectivity index (χ1v) is 7.99. The van der Waals surface area contributed by atoms with Gasteiger partial charge in [0.2, 0.25) is 0 Å². The van der Waals surface area contributed by atoms with Gasteiger partial charge in [-0.25, -0.2) is 4.79 Å². The smallest absolute Gasteiger partial charge is 0.328 e. The third kappa shape index (κ3) is 4.35. The standard InChI is InChI=1S/C18H17N3O5/c1-12-2-4-13(5-3-12)15-10-14(20-26-15)11-25-17(23)7-9-21-8-6-16(22)19-18(21)24/h2-6,8,10H,7,9,11H2,1H3,(H,19,22,24). The van der Waals surface area contributed by atoms with Crippen LogP contribution in [0.3, 0.4) is 0 Å². The fourth-order valence-corrected chi connectivity index (χ4v) is 2.29. The molecule has 0 saturated carbocycles. The largest absolute Gasteiger partial charge is 0.459 e. The molecule has 0 fully saturated rings. The van der Waals surface area contributed by atoms with E-state index in [2.05, 4.69) is 10.1 Å². The molecule has 0 saturated heterocycles. The first-order valence-electron chi connectivity index (χ1n) is 7.99. The number of benzene rings is 1. The molecule has 2 heterocycles.